The maximum Gasteiger partial charge on any atom is 0.228 e. The summed E-state index contributed by atoms with van der Waals surface area (Å²) in [4.78, 5) is 38.5. The second-order valence-electron chi connectivity index (χ2n) is 9.28. The zero-order chi connectivity index (χ0) is 22.8. The van der Waals surface area contributed by atoms with Gasteiger partial charge in [0, 0.05) is 49.7 Å². The summed E-state index contributed by atoms with van der Waals surface area (Å²) in [5.41, 5.74) is 2.47. The van der Waals surface area contributed by atoms with E-state index in [2.05, 4.69) is 0 Å². The number of hydrogen-bond acceptors (Lipinski definition) is 4. The molecule has 0 spiro atoms. The Morgan fingerprint density at radius 3 is 2.75 bits per heavy atom. The fraction of sp³-hybridized carbons (Fsp3) is 0.520. The Hall–Kier alpha value is -2.83. The molecule has 6 nitrogen and oxygen atoms in total. The van der Waals surface area contributed by atoms with E-state index in [1.54, 1.807) is 23.1 Å². The number of halogens is 1. The number of carbonyl (C=O) groups is 2. The molecule has 1 fully saturated rings. The molecule has 2 amide bonds. The molecular weight excluding hydrogens is 407 g/mol. The Kier molecular flexibility index (Phi) is 6.53. The lowest BCUT2D eigenvalue weighted by Crippen LogP contribution is -2.38. The van der Waals surface area contributed by atoms with Crippen molar-refractivity contribution in [3.63, 3.8) is 0 Å². The smallest absolute Gasteiger partial charge is 0.228 e. The van der Waals surface area contributed by atoms with Crippen LogP contribution < -0.4 is 4.90 Å². The van der Waals surface area contributed by atoms with Gasteiger partial charge in [0.25, 0.3) is 0 Å². The molecule has 4 rings (SSSR count). The monoisotopic (exact) mass is 438 g/mol. The van der Waals surface area contributed by atoms with Gasteiger partial charge >= 0.3 is 0 Å². The Balaban J connectivity index is 1.55. The summed E-state index contributed by atoms with van der Waals surface area (Å²) in [6.07, 6.45) is 2.84. The third-order valence-corrected chi connectivity index (χ3v) is 6.41. The van der Waals surface area contributed by atoms with Gasteiger partial charge < -0.3 is 4.90 Å². The molecule has 2 aliphatic heterocycles. The van der Waals surface area contributed by atoms with Crippen molar-refractivity contribution in [2.75, 3.05) is 24.5 Å². The predicted octanol–water partition coefficient (Wildman–Crippen LogP) is 3.81. The fourth-order valence-corrected chi connectivity index (χ4v) is 4.63. The van der Waals surface area contributed by atoms with Crippen LogP contribution in [0, 0.1) is 18.7 Å². The van der Waals surface area contributed by atoms with Gasteiger partial charge in [-0.25, -0.2) is 14.4 Å². The molecule has 0 aliphatic carbocycles. The zero-order valence-electron chi connectivity index (χ0n) is 19.1. The van der Waals surface area contributed by atoms with Gasteiger partial charge in [0.15, 0.2) is 0 Å². The first-order valence-corrected chi connectivity index (χ1v) is 11.5. The molecule has 1 aromatic carbocycles. The summed E-state index contributed by atoms with van der Waals surface area (Å²) in [6, 6.07) is 6.67. The lowest BCUT2D eigenvalue weighted by molar-refractivity contribution is -0.130. The first kappa shape index (κ1) is 22.4. The maximum atomic E-state index is 14.1. The van der Waals surface area contributed by atoms with Crippen LogP contribution in [-0.4, -0.2) is 46.3 Å². The number of aryl methyl sites for hydroxylation is 1. The first-order valence-electron chi connectivity index (χ1n) is 11.5. The number of benzene rings is 1. The number of rotatable bonds is 6. The minimum absolute atomic E-state index is 0.0121. The Bertz CT molecular complexity index is 1020. The van der Waals surface area contributed by atoms with E-state index in [4.69, 9.17) is 9.97 Å². The van der Waals surface area contributed by atoms with Crippen molar-refractivity contribution in [1.29, 1.82) is 0 Å². The molecule has 0 unspecified atom stereocenters. The molecule has 1 atom stereocenters. The van der Waals surface area contributed by atoms with Crippen LogP contribution in [0.25, 0.3) is 0 Å². The molecule has 0 radical (unpaired) electrons. The standard InChI is InChI=1S/C25H31FN4O2/c1-16(2)14-23(32)29-12-10-19(15-29)24-27-17(3)20-8-9-22(31)30(25(20)28-24)13-11-18-6-4-5-7-21(18)26/h4-7,16,19H,8-15H2,1-3H3/t19-/m1/s1. The Morgan fingerprint density at radius 1 is 1.22 bits per heavy atom. The van der Waals surface area contributed by atoms with Gasteiger partial charge in [-0.05, 0) is 43.7 Å². The number of nitrogens with zero attached hydrogens (tertiary/aromatic N) is 4. The molecule has 2 aliphatic rings. The number of amides is 2. The largest absolute Gasteiger partial charge is 0.342 e. The van der Waals surface area contributed by atoms with E-state index in [-0.39, 0.29) is 23.5 Å². The molecule has 1 aromatic heterocycles. The highest BCUT2D eigenvalue weighted by molar-refractivity contribution is 5.95. The van der Waals surface area contributed by atoms with Crippen LogP contribution in [-0.2, 0) is 22.4 Å². The Labute approximate surface area is 188 Å². The molecule has 0 N–H and O–H groups in total. The lowest BCUT2D eigenvalue weighted by Gasteiger charge is -2.30. The van der Waals surface area contributed by atoms with Gasteiger partial charge in [-0.3, -0.25) is 14.5 Å². The van der Waals surface area contributed by atoms with Crippen molar-refractivity contribution in [3.05, 3.63) is 52.7 Å². The highest BCUT2D eigenvalue weighted by Crippen LogP contribution is 2.32. The molecule has 0 bridgehead atoms. The second kappa shape index (κ2) is 9.35. The van der Waals surface area contributed by atoms with Crippen LogP contribution in [0.2, 0.25) is 0 Å². The number of aromatic nitrogens is 2. The van der Waals surface area contributed by atoms with Crippen LogP contribution in [0.4, 0.5) is 10.2 Å². The van der Waals surface area contributed by atoms with Gasteiger partial charge in [-0.1, -0.05) is 32.0 Å². The Morgan fingerprint density at radius 2 is 2.00 bits per heavy atom. The highest BCUT2D eigenvalue weighted by Gasteiger charge is 2.33. The summed E-state index contributed by atoms with van der Waals surface area (Å²) in [5, 5.41) is 0. The summed E-state index contributed by atoms with van der Waals surface area (Å²) in [6.45, 7) is 7.78. The van der Waals surface area contributed by atoms with Gasteiger partial charge in [-0.2, -0.15) is 0 Å². The van der Waals surface area contributed by atoms with Crippen LogP contribution in [0.1, 0.15) is 61.7 Å². The number of carbonyl (C=O) groups excluding carboxylic acids is 2. The van der Waals surface area contributed by atoms with Crippen molar-refractivity contribution < 1.29 is 14.0 Å². The van der Waals surface area contributed by atoms with E-state index in [0.29, 0.717) is 68.4 Å². The highest BCUT2D eigenvalue weighted by atomic mass is 19.1. The van der Waals surface area contributed by atoms with Crippen LogP contribution >= 0.6 is 0 Å². The topological polar surface area (TPSA) is 66.4 Å². The van der Waals surface area contributed by atoms with E-state index in [1.165, 1.54) is 6.07 Å². The summed E-state index contributed by atoms with van der Waals surface area (Å²) in [5.74, 6) is 1.70. The van der Waals surface area contributed by atoms with E-state index in [9.17, 15) is 14.0 Å². The number of anilines is 1. The molecule has 0 saturated carbocycles. The van der Waals surface area contributed by atoms with E-state index >= 15 is 0 Å². The van der Waals surface area contributed by atoms with Crippen molar-refractivity contribution in [2.45, 2.75) is 58.8 Å². The minimum atomic E-state index is -0.256. The second-order valence-corrected chi connectivity index (χ2v) is 9.28. The number of fused-ring (bicyclic) bond motifs is 1. The van der Waals surface area contributed by atoms with Crippen LogP contribution in [0.15, 0.2) is 24.3 Å². The fourth-order valence-electron chi connectivity index (χ4n) is 4.63. The minimum Gasteiger partial charge on any atom is -0.342 e. The number of likely N-dealkylation sites (tertiary alicyclic amines) is 1. The van der Waals surface area contributed by atoms with Crippen molar-refractivity contribution >= 4 is 17.6 Å². The molecular formula is C25H31FN4O2. The average Bonchev–Trinajstić information content (AvgIpc) is 3.24. The normalized spacial score (nSPS) is 18.4. The van der Waals surface area contributed by atoms with Gasteiger partial charge in [-0.15, -0.1) is 0 Å². The molecule has 1 saturated heterocycles. The predicted molar refractivity (Wildman–Crippen MR) is 121 cm³/mol. The van der Waals surface area contributed by atoms with Crippen molar-refractivity contribution in [3.8, 4) is 0 Å². The first-order chi connectivity index (χ1) is 15.3. The zero-order valence-corrected chi connectivity index (χ0v) is 19.1. The van der Waals surface area contributed by atoms with Crippen LogP contribution in [0.3, 0.4) is 0 Å². The van der Waals surface area contributed by atoms with Crippen molar-refractivity contribution in [1.82, 2.24) is 14.9 Å². The third kappa shape index (κ3) is 4.66. The molecule has 32 heavy (non-hydrogen) atoms. The lowest BCUT2D eigenvalue weighted by atomic mass is 10.0. The molecule has 7 heteroatoms. The quantitative estimate of drug-likeness (QED) is 0.688. The summed E-state index contributed by atoms with van der Waals surface area (Å²) in [7, 11) is 0. The van der Waals surface area contributed by atoms with Crippen LogP contribution in [0.5, 0.6) is 0 Å². The summed E-state index contributed by atoms with van der Waals surface area (Å²) < 4.78 is 14.1. The van der Waals surface area contributed by atoms with Gasteiger partial charge in [0.2, 0.25) is 11.8 Å². The van der Waals surface area contributed by atoms with E-state index in [0.717, 1.165) is 17.7 Å². The summed E-state index contributed by atoms with van der Waals surface area (Å²) >= 11 is 0. The molecule has 3 heterocycles. The SMILES string of the molecule is Cc1nc([C@@H]2CCN(C(=O)CC(C)C)C2)nc2c1CCC(=O)N2CCc1ccccc1F. The van der Waals surface area contributed by atoms with Crippen molar-refractivity contribution in [2.24, 2.45) is 5.92 Å². The number of hydrogen-bond donors (Lipinski definition) is 0. The van der Waals surface area contributed by atoms with Gasteiger partial charge in [0.05, 0.1) is 0 Å². The van der Waals surface area contributed by atoms with E-state index < -0.39 is 0 Å². The molecule has 170 valence electrons. The molecule has 2 aromatic rings. The van der Waals surface area contributed by atoms with E-state index in [1.807, 2.05) is 25.7 Å². The maximum absolute atomic E-state index is 14.1. The average molecular weight is 439 g/mol. The van der Waals surface area contributed by atoms with Gasteiger partial charge in [0.1, 0.15) is 17.5 Å². The third-order valence-electron chi connectivity index (χ3n) is 6.41.